The Labute approximate surface area is 120 Å². The fourth-order valence-corrected chi connectivity index (χ4v) is 3.16. The number of ether oxygens (including phenoxy) is 1. The minimum atomic E-state index is -4.30. The number of benzene rings is 1. The molecule has 1 saturated heterocycles. The standard InChI is InChI=1S/C14H16F3NOS/c15-14(16,17)12-5-9(6-18-10-2-3-10)1-4-13(12)20-11-7-19-8-11/h1,4-5,10-11,18H,2-3,6-8H2. The molecule has 0 radical (unpaired) electrons. The van der Waals surface area contributed by atoms with E-state index in [1.807, 2.05) is 0 Å². The zero-order valence-electron chi connectivity index (χ0n) is 10.9. The van der Waals surface area contributed by atoms with Crippen molar-refractivity contribution >= 4 is 11.8 Å². The lowest BCUT2D eigenvalue weighted by Gasteiger charge is -2.26. The second-order valence-electron chi connectivity index (χ2n) is 5.26. The van der Waals surface area contributed by atoms with E-state index in [4.69, 9.17) is 4.74 Å². The van der Waals surface area contributed by atoms with Gasteiger partial charge in [-0.1, -0.05) is 6.07 Å². The van der Waals surface area contributed by atoms with E-state index in [1.165, 1.54) is 17.8 Å². The van der Waals surface area contributed by atoms with E-state index in [0.29, 0.717) is 36.3 Å². The van der Waals surface area contributed by atoms with E-state index >= 15 is 0 Å². The molecule has 0 bridgehead atoms. The van der Waals surface area contributed by atoms with Crippen LogP contribution in [0.4, 0.5) is 13.2 Å². The third kappa shape index (κ3) is 3.48. The zero-order chi connectivity index (χ0) is 14.2. The van der Waals surface area contributed by atoms with Crippen LogP contribution in [0.2, 0.25) is 0 Å². The molecule has 2 nitrogen and oxygen atoms in total. The van der Waals surface area contributed by atoms with Crippen molar-refractivity contribution in [2.75, 3.05) is 13.2 Å². The van der Waals surface area contributed by atoms with E-state index in [0.717, 1.165) is 12.8 Å². The molecule has 1 aliphatic carbocycles. The summed E-state index contributed by atoms with van der Waals surface area (Å²) in [7, 11) is 0. The lowest BCUT2D eigenvalue weighted by atomic mass is 10.1. The Morgan fingerprint density at radius 3 is 2.55 bits per heavy atom. The second kappa shape index (κ2) is 5.58. The van der Waals surface area contributed by atoms with Gasteiger partial charge in [0.2, 0.25) is 0 Å². The highest BCUT2D eigenvalue weighted by molar-refractivity contribution is 8.00. The molecule has 1 heterocycles. The molecule has 0 atom stereocenters. The summed E-state index contributed by atoms with van der Waals surface area (Å²) in [4.78, 5) is 0.306. The molecule has 110 valence electrons. The molecule has 3 rings (SSSR count). The van der Waals surface area contributed by atoms with Crippen molar-refractivity contribution < 1.29 is 17.9 Å². The van der Waals surface area contributed by atoms with Crippen LogP contribution < -0.4 is 5.32 Å². The summed E-state index contributed by atoms with van der Waals surface area (Å²) in [5.74, 6) is 0. The molecular weight excluding hydrogens is 287 g/mol. The van der Waals surface area contributed by atoms with Gasteiger partial charge in [0, 0.05) is 17.5 Å². The Balaban J connectivity index is 1.76. The van der Waals surface area contributed by atoms with Gasteiger partial charge >= 0.3 is 6.18 Å². The van der Waals surface area contributed by atoms with Crippen LogP contribution >= 0.6 is 11.8 Å². The Morgan fingerprint density at radius 2 is 2.00 bits per heavy atom. The fraction of sp³-hybridized carbons (Fsp3) is 0.571. The molecular formula is C14H16F3NOS. The fourth-order valence-electron chi connectivity index (χ4n) is 2.02. The summed E-state index contributed by atoms with van der Waals surface area (Å²) in [6, 6.07) is 5.14. The summed E-state index contributed by atoms with van der Waals surface area (Å²) in [6.45, 7) is 1.57. The first kappa shape index (κ1) is 14.2. The third-order valence-electron chi connectivity index (χ3n) is 3.42. The van der Waals surface area contributed by atoms with E-state index in [1.54, 1.807) is 12.1 Å². The average molecular weight is 303 g/mol. The molecule has 6 heteroatoms. The molecule has 1 aliphatic heterocycles. The van der Waals surface area contributed by atoms with Gasteiger partial charge in [-0.3, -0.25) is 0 Å². The van der Waals surface area contributed by atoms with Crippen molar-refractivity contribution in [1.29, 1.82) is 0 Å². The summed E-state index contributed by atoms with van der Waals surface area (Å²) in [5.41, 5.74) is 0.169. The minimum Gasteiger partial charge on any atom is -0.379 e. The number of halogens is 3. The SMILES string of the molecule is FC(F)(F)c1cc(CNC2CC2)ccc1SC1COC1. The maximum Gasteiger partial charge on any atom is 0.417 e. The van der Waals surface area contributed by atoms with E-state index in [-0.39, 0.29) is 5.25 Å². The van der Waals surface area contributed by atoms with Crippen molar-refractivity contribution in [1.82, 2.24) is 5.32 Å². The average Bonchev–Trinajstić information content (AvgIpc) is 3.14. The van der Waals surface area contributed by atoms with Crippen LogP contribution in [0.5, 0.6) is 0 Å². The van der Waals surface area contributed by atoms with Gasteiger partial charge in [0.05, 0.1) is 24.0 Å². The van der Waals surface area contributed by atoms with Crippen LogP contribution in [0.3, 0.4) is 0 Å². The maximum atomic E-state index is 13.1. The molecule has 1 N–H and O–H groups in total. The molecule has 2 aliphatic rings. The molecule has 0 amide bonds. The van der Waals surface area contributed by atoms with Crippen LogP contribution in [-0.2, 0) is 17.5 Å². The van der Waals surface area contributed by atoms with Crippen molar-refractivity contribution in [2.45, 2.75) is 41.7 Å². The normalized spacial score (nSPS) is 19.9. The first-order valence-corrected chi connectivity index (χ1v) is 7.58. The van der Waals surface area contributed by atoms with Crippen LogP contribution in [-0.4, -0.2) is 24.5 Å². The Hall–Kier alpha value is -0.720. The van der Waals surface area contributed by atoms with Gasteiger partial charge in [-0.2, -0.15) is 13.2 Å². The topological polar surface area (TPSA) is 21.3 Å². The largest absolute Gasteiger partial charge is 0.417 e. The van der Waals surface area contributed by atoms with Gasteiger partial charge in [-0.25, -0.2) is 0 Å². The van der Waals surface area contributed by atoms with Crippen LogP contribution in [0.15, 0.2) is 23.1 Å². The van der Waals surface area contributed by atoms with Crippen molar-refractivity contribution in [3.63, 3.8) is 0 Å². The van der Waals surface area contributed by atoms with E-state index in [9.17, 15) is 13.2 Å². The molecule has 0 aromatic heterocycles. The monoisotopic (exact) mass is 303 g/mol. The first-order valence-electron chi connectivity index (χ1n) is 6.70. The molecule has 20 heavy (non-hydrogen) atoms. The number of nitrogens with one attached hydrogen (secondary N) is 1. The van der Waals surface area contributed by atoms with Crippen molar-refractivity contribution in [2.24, 2.45) is 0 Å². The molecule has 1 aromatic carbocycles. The predicted molar refractivity (Wildman–Crippen MR) is 71.8 cm³/mol. The van der Waals surface area contributed by atoms with Gasteiger partial charge < -0.3 is 10.1 Å². The molecule has 0 spiro atoms. The predicted octanol–water partition coefficient (Wildman–Crippen LogP) is 3.45. The smallest absolute Gasteiger partial charge is 0.379 e. The van der Waals surface area contributed by atoms with Crippen molar-refractivity contribution in [3.8, 4) is 0 Å². The number of hydrogen-bond donors (Lipinski definition) is 1. The highest BCUT2D eigenvalue weighted by atomic mass is 32.2. The lowest BCUT2D eigenvalue weighted by molar-refractivity contribution is -0.139. The Morgan fingerprint density at radius 1 is 1.25 bits per heavy atom. The summed E-state index contributed by atoms with van der Waals surface area (Å²) < 4.78 is 44.5. The molecule has 2 fully saturated rings. The quantitative estimate of drug-likeness (QED) is 0.900. The minimum absolute atomic E-state index is 0.145. The lowest BCUT2D eigenvalue weighted by Crippen LogP contribution is -2.30. The summed E-state index contributed by atoms with van der Waals surface area (Å²) in [5, 5.41) is 3.38. The van der Waals surface area contributed by atoms with Gasteiger partial charge in [0.25, 0.3) is 0 Å². The summed E-state index contributed by atoms with van der Waals surface area (Å²) in [6.07, 6.45) is -2.05. The maximum absolute atomic E-state index is 13.1. The molecule has 0 unspecified atom stereocenters. The van der Waals surface area contributed by atoms with Gasteiger partial charge in [-0.15, -0.1) is 11.8 Å². The third-order valence-corrected chi connectivity index (χ3v) is 4.64. The van der Waals surface area contributed by atoms with Crippen molar-refractivity contribution in [3.05, 3.63) is 29.3 Å². The van der Waals surface area contributed by atoms with Gasteiger partial charge in [-0.05, 0) is 30.5 Å². The number of alkyl halides is 3. The number of thioether (sulfide) groups is 1. The van der Waals surface area contributed by atoms with Gasteiger partial charge in [0.1, 0.15) is 0 Å². The zero-order valence-corrected chi connectivity index (χ0v) is 11.7. The van der Waals surface area contributed by atoms with Crippen LogP contribution in [0, 0.1) is 0 Å². The number of rotatable bonds is 5. The van der Waals surface area contributed by atoms with Crippen LogP contribution in [0.1, 0.15) is 24.0 Å². The van der Waals surface area contributed by atoms with E-state index < -0.39 is 11.7 Å². The Kier molecular flexibility index (Phi) is 3.97. The van der Waals surface area contributed by atoms with E-state index in [2.05, 4.69) is 5.32 Å². The van der Waals surface area contributed by atoms with Gasteiger partial charge in [0.15, 0.2) is 0 Å². The molecule has 1 aromatic rings. The highest BCUT2D eigenvalue weighted by Gasteiger charge is 2.35. The molecule has 1 saturated carbocycles. The number of hydrogen-bond acceptors (Lipinski definition) is 3. The second-order valence-corrected chi connectivity index (χ2v) is 6.60. The highest BCUT2D eigenvalue weighted by Crippen LogP contribution is 2.40. The van der Waals surface area contributed by atoms with Crippen LogP contribution in [0.25, 0.3) is 0 Å². The Bertz CT molecular complexity index is 484. The summed E-state index contributed by atoms with van der Waals surface area (Å²) >= 11 is 1.26. The first-order chi connectivity index (χ1) is 9.52.